The Hall–Kier alpha value is -0.570. The summed E-state index contributed by atoms with van der Waals surface area (Å²) in [4.78, 5) is 11.4. The fraction of sp³-hybridized carbons (Fsp3) is 0.958. The van der Waals surface area contributed by atoms with E-state index in [1.54, 1.807) is 0 Å². The highest BCUT2D eigenvalue weighted by molar-refractivity contribution is 5.75. The second-order valence-corrected chi connectivity index (χ2v) is 8.02. The van der Waals surface area contributed by atoms with Crippen molar-refractivity contribution in [1.82, 2.24) is 5.32 Å². The Bertz CT molecular complexity index is 307. The molecular weight excluding hydrogens is 334 g/mol. The SMILES string of the molecule is CCCCCCCCCCCCCCCOCCCC(CC)NC(=O)CC. The maximum atomic E-state index is 11.4. The zero-order valence-corrected chi connectivity index (χ0v) is 18.8. The number of carbonyl (C=O) groups is 1. The second kappa shape index (κ2) is 21.7. The molecule has 1 amide bonds. The number of nitrogens with one attached hydrogen (secondary N) is 1. The largest absolute Gasteiger partial charge is 0.381 e. The van der Waals surface area contributed by atoms with Gasteiger partial charge in [-0.25, -0.2) is 0 Å². The van der Waals surface area contributed by atoms with Gasteiger partial charge in [-0.3, -0.25) is 4.79 Å². The first-order valence-electron chi connectivity index (χ1n) is 12.1. The van der Waals surface area contributed by atoms with E-state index < -0.39 is 0 Å². The summed E-state index contributed by atoms with van der Waals surface area (Å²) in [5.41, 5.74) is 0. The van der Waals surface area contributed by atoms with Gasteiger partial charge >= 0.3 is 0 Å². The lowest BCUT2D eigenvalue weighted by molar-refractivity contribution is -0.121. The summed E-state index contributed by atoms with van der Waals surface area (Å²) in [7, 11) is 0. The van der Waals surface area contributed by atoms with Gasteiger partial charge in [-0.15, -0.1) is 0 Å². The van der Waals surface area contributed by atoms with Gasteiger partial charge in [-0.2, -0.15) is 0 Å². The van der Waals surface area contributed by atoms with Gasteiger partial charge in [0.15, 0.2) is 0 Å². The van der Waals surface area contributed by atoms with Crippen molar-refractivity contribution in [3.63, 3.8) is 0 Å². The average Bonchev–Trinajstić information content (AvgIpc) is 2.69. The van der Waals surface area contributed by atoms with Gasteiger partial charge in [0.05, 0.1) is 0 Å². The molecule has 0 aromatic heterocycles. The van der Waals surface area contributed by atoms with Crippen LogP contribution in [-0.2, 0) is 9.53 Å². The number of hydrogen-bond acceptors (Lipinski definition) is 2. The fourth-order valence-electron chi connectivity index (χ4n) is 3.46. The van der Waals surface area contributed by atoms with Crippen LogP contribution >= 0.6 is 0 Å². The molecule has 0 spiro atoms. The van der Waals surface area contributed by atoms with E-state index in [1.807, 2.05) is 6.92 Å². The number of amides is 1. The molecule has 1 unspecified atom stereocenters. The highest BCUT2D eigenvalue weighted by atomic mass is 16.5. The van der Waals surface area contributed by atoms with Crippen molar-refractivity contribution in [2.45, 2.75) is 136 Å². The smallest absolute Gasteiger partial charge is 0.219 e. The quantitative estimate of drug-likeness (QED) is 0.213. The minimum atomic E-state index is 0.162. The van der Waals surface area contributed by atoms with E-state index in [9.17, 15) is 4.79 Å². The Labute approximate surface area is 170 Å². The lowest BCUT2D eigenvalue weighted by Gasteiger charge is -2.16. The molecule has 3 heteroatoms. The van der Waals surface area contributed by atoms with Gasteiger partial charge in [0.25, 0.3) is 0 Å². The molecule has 0 saturated carbocycles. The van der Waals surface area contributed by atoms with Crippen LogP contribution < -0.4 is 5.32 Å². The van der Waals surface area contributed by atoms with Crippen molar-refractivity contribution in [3.05, 3.63) is 0 Å². The van der Waals surface area contributed by atoms with E-state index in [2.05, 4.69) is 19.2 Å². The molecule has 0 bridgehead atoms. The number of carbonyl (C=O) groups excluding carboxylic acids is 1. The van der Waals surface area contributed by atoms with Crippen molar-refractivity contribution < 1.29 is 9.53 Å². The molecule has 0 rings (SSSR count). The van der Waals surface area contributed by atoms with Crippen LogP contribution in [0.15, 0.2) is 0 Å². The second-order valence-electron chi connectivity index (χ2n) is 8.02. The Morgan fingerprint density at radius 3 is 1.67 bits per heavy atom. The highest BCUT2D eigenvalue weighted by Crippen LogP contribution is 2.12. The summed E-state index contributed by atoms with van der Waals surface area (Å²) in [5.74, 6) is 0.162. The maximum absolute atomic E-state index is 11.4. The van der Waals surface area contributed by atoms with Gasteiger partial charge in [-0.1, -0.05) is 97.8 Å². The molecule has 0 radical (unpaired) electrons. The van der Waals surface area contributed by atoms with E-state index in [1.165, 1.54) is 83.5 Å². The molecule has 0 aromatic carbocycles. The molecule has 27 heavy (non-hydrogen) atoms. The van der Waals surface area contributed by atoms with Crippen LogP contribution in [0.1, 0.15) is 130 Å². The monoisotopic (exact) mass is 383 g/mol. The summed E-state index contributed by atoms with van der Waals surface area (Å²) < 4.78 is 5.75. The molecule has 0 aliphatic heterocycles. The minimum absolute atomic E-state index is 0.162. The molecule has 0 saturated heterocycles. The Morgan fingerprint density at radius 2 is 1.19 bits per heavy atom. The summed E-state index contributed by atoms with van der Waals surface area (Å²) in [5, 5.41) is 3.08. The first-order valence-corrected chi connectivity index (χ1v) is 12.1. The van der Waals surface area contributed by atoms with Crippen molar-refractivity contribution in [3.8, 4) is 0 Å². The van der Waals surface area contributed by atoms with Crippen molar-refractivity contribution in [2.24, 2.45) is 0 Å². The van der Waals surface area contributed by atoms with Crippen LogP contribution in [-0.4, -0.2) is 25.2 Å². The summed E-state index contributed by atoms with van der Waals surface area (Å²) in [6.45, 7) is 8.05. The van der Waals surface area contributed by atoms with Crippen molar-refractivity contribution >= 4 is 5.91 Å². The Morgan fingerprint density at radius 1 is 0.704 bits per heavy atom. The third kappa shape index (κ3) is 20.0. The van der Waals surface area contributed by atoms with Crippen LogP contribution in [0.3, 0.4) is 0 Å². The average molecular weight is 384 g/mol. The fourth-order valence-corrected chi connectivity index (χ4v) is 3.46. The lowest BCUT2D eigenvalue weighted by Crippen LogP contribution is -2.33. The molecular formula is C24H49NO2. The predicted octanol–water partition coefficient (Wildman–Crippen LogP) is 7.18. The van der Waals surface area contributed by atoms with Crippen molar-refractivity contribution in [2.75, 3.05) is 13.2 Å². The molecule has 0 fully saturated rings. The van der Waals surface area contributed by atoms with Crippen LogP contribution in [0.2, 0.25) is 0 Å². The van der Waals surface area contributed by atoms with Crippen LogP contribution in [0.4, 0.5) is 0 Å². The normalized spacial score (nSPS) is 12.3. The topological polar surface area (TPSA) is 38.3 Å². The van der Waals surface area contributed by atoms with Gasteiger partial charge in [-0.05, 0) is 25.7 Å². The van der Waals surface area contributed by atoms with Gasteiger partial charge in [0.2, 0.25) is 5.91 Å². The molecule has 1 atom stereocenters. The maximum Gasteiger partial charge on any atom is 0.219 e. The molecule has 0 aromatic rings. The predicted molar refractivity (Wildman–Crippen MR) is 118 cm³/mol. The molecule has 0 aliphatic rings. The summed E-state index contributed by atoms with van der Waals surface area (Å²) in [6.07, 6.45) is 21.7. The van der Waals surface area contributed by atoms with Crippen LogP contribution in [0.25, 0.3) is 0 Å². The molecule has 1 N–H and O–H groups in total. The number of rotatable bonds is 21. The van der Waals surface area contributed by atoms with E-state index in [0.29, 0.717) is 12.5 Å². The Kier molecular flexibility index (Phi) is 21.3. The zero-order valence-electron chi connectivity index (χ0n) is 18.8. The van der Waals surface area contributed by atoms with Crippen LogP contribution in [0, 0.1) is 0 Å². The van der Waals surface area contributed by atoms with Gasteiger partial charge in [0, 0.05) is 25.7 Å². The first kappa shape index (κ1) is 26.4. The molecule has 0 aliphatic carbocycles. The zero-order chi connectivity index (χ0) is 20.0. The molecule has 162 valence electrons. The minimum Gasteiger partial charge on any atom is -0.381 e. The van der Waals surface area contributed by atoms with Crippen LogP contribution in [0.5, 0.6) is 0 Å². The highest BCUT2D eigenvalue weighted by Gasteiger charge is 2.08. The molecule has 0 heterocycles. The summed E-state index contributed by atoms with van der Waals surface area (Å²) in [6, 6.07) is 0.317. The standard InChI is InChI=1S/C24H49NO2/c1-4-7-8-9-10-11-12-13-14-15-16-17-18-21-27-22-19-20-23(5-2)25-24(26)6-3/h23H,4-22H2,1-3H3,(H,25,26). The van der Waals surface area contributed by atoms with Gasteiger partial charge < -0.3 is 10.1 Å². The molecule has 3 nitrogen and oxygen atoms in total. The Balaban J connectivity index is 3.19. The van der Waals surface area contributed by atoms with E-state index >= 15 is 0 Å². The summed E-state index contributed by atoms with van der Waals surface area (Å²) >= 11 is 0. The van der Waals surface area contributed by atoms with E-state index in [-0.39, 0.29) is 5.91 Å². The number of ether oxygens (including phenoxy) is 1. The van der Waals surface area contributed by atoms with Gasteiger partial charge in [0.1, 0.15) is 0 Å². The number of unbranched alkanes of at least 4 members (excludes halogenated alkanes) is 12. The third-order valence-electron chi connectivity index (χ3n) is 5.41. The number of hydrogen-bond donors (Lipinski definition) is 1. The lowest BCUT2D eigenvalue weighted by atomic mass is 10.0. The first-order chi connectivity index (χ1) is 13.2. The third-order valence-corrected chi connectivity index (χ3v) is 5.41. The van der Waals surface area contributed by atoms with Crippen molar-refractivity contribution in [1.29, 1.82) is 0 Å². The van der Waals surface area contributed by atoms with E-state index in [4.69, 9.17) is 4.74 Å². The van der Waals surface area contributed by atoms with E-state index in [0.717, 1.165) is 32.5 Å².